The first-order valence-electron chi connectivity index (χ1n) is 9.05. The van der Waals surface area contributed by atoms with Gasteiger partial charge in [0.2, 0.25) is 0 Å². The first kappa shape index (κ1) is 19.9. The van der Waals surface area contributed by atoms with E-state index in [1.165, 1.54) is 13.0 Å². The van der Waals surface area contributed by atoms with Gasteiger partial charge in [-0.15, -0.1) is 0 Å². The van der Waals surface area contributed by atoms with E-state index in [1.54, 1.807) is 18.2 Å². The number of benzene rings is 2. The number of amides is 1. The molecule has 4 nitrogen and oxygen atoms in total. The van der Waals surface area contributed by atoms with E-state index in [-0.39, 0.29) is 11.3 Å². The molecule has 0 unspecified atom stereocenters. The van der Waals surface area contributed by atoms with Crippen LogP contribution in [-0.2, 0) is 19.7 Å². The highest BCUT2D eigenvalue weighted by Crippen LogP contribution is 2.43. The highest BCUT2D eigenvalue weighted by Gasteiger charge is 2.46. The third-order valence-corrected chi connectivity index (χ3v) is 5.08. The molecule has 148 valence electrons. The van der Waals surface area contributed by atoms with Gasteiger partial charge in [-0.25, -0.2) is 13.2 Å². The van der Waals surface area contributed by atoms with E-state index in [0.717, 1.165) is 25.0 Å². The molecule has 7 heteroatoms. The largest absolute Gasteiger partial charge is 0.452 e. The van der Waals surface area contributed by atoms with Crippen molar-refractivity contribution in [1.29, 1.82) is 0 Å². The Balaban J connectivity index is 1.75. The van der Waals surface area contributed by atoms with Crippen molar-refractivity contribution in [2.75, 3.05) is 5.32 Å². The van der Waals surface area contributed by atoms with Crippen molar-refractivity contribution >= 4 is 17.6 Å². The Morgan fingerprint density at radius 3 is 2.36 bits per heavy atom. The van der Waals surface area contributed by atoms with Crippen molar-refractivity contribution in [2.45, 2.75) is 44.1 Å². The van der Waals surface area contributed by atoms with Crippen LogP contribution in [0.1, 0.15) is 38.2 Å². The zero-order valence-corrected chi connectivity index (χ0v) is 15.3. The zero-order chi connectivity index (χ0) is 20.3. The van der Waals surface area contributed by atoms with E-state index < -0.39 is 40.8 Å². The second-order valence-electron chi connectivity index (χ2n) is 6.93. The van der Waals surface area contributed by atoms with Crippen LogP contribution in [0, 0.1) is 17.5 Å². The van der Waals surface area contributed by atoms with Gasteiger partial charge in [0.1, 0.15) is 17.5 Å². The summed E-state index contributed by atoms with van der Waals surface area (Å²) in [6.45, 7) is 1.35. The number of hydrogen-bond acceptors (Lipinski definition) is 3. The zero-order valence-electron chi connectivity index (χ0n) is 15.3. The van der Waals surface area contributed by atoms with Crippen molar-refractivity contribution in [3.8, 4) is 0 Å². The van der Waals surface area contributed by atoms with Crippen LogP contribution >= 0.6 is 0 Å². The van der Waals surface area contributed by atoms with Crippen LogP contribution in [0.3, 0.4) is 0 Å². The van der Waals surface area contributed by atoms with Gasteiger partial charge < -0.3 is 10.1 Å². The Kier molecular flexibility index (Phi) is 5.72. The minimum absolute atomic E-state index is 0.223. The Bertz CT molecular complexity index is 894. The molecular formula is C21H20F3NO3. The minimum atomic E-state index is -1.23. The molecule has 0 radical (unpaired) electrons. The number of ether oxygens (including phenoxy) is 1. The lowest BCUT2D eigenvalue weighted by atomic mass is 9.78. The maximum atomic E-state index is 14.3. The van der Waals surface area contributed by atoms with Gasteiger partial charge in [-0.05, 0) is 38.0 Å². The topological polar surface area (TPSA) is 55.4 Å². The van der Waals surface area contributed by atoms with Crippen molar-refractivity contribution in [3.63, 3.8) is 0 Å². The summed E-state index contributed by atoms with van der Waals surface area (Å²) in [5.74, 6) is -3.65. The van der Waals surface area contributed by atoms with Gasteiger partial charge in [-0.1, -0.05) is 31.0 Å². The second kappa shape index (κ2) is 8.04. The predicted molar refractivity (Wildman–Crippen MR) is 97.1 cm³/mol. The van der Waals surface area contributed by atoms with Crippen LogP contribution in [0.15, 0.2) is 42.5 Å². The number of carbonyl (C=O) groups excluding carboxylic acids is 2. The van der Waals surface area contributed by atoms with Crippen molar-refractivity contribution in [2.24, 2.45) is 0 Å². The first-order chi connectivity index (χ1) is 13.3. The lowest BCUT2D eigenvalue weighted by molar-refractivity contribution is -0.159. The fourth-order valence-electron chi connectivity index (χ4n) is 3.56. The first-order valence-corrected chi connectivity index (χ1v) is 9.05. The molecule has 2 aromatic carbocycles. The molecule has 1 saturated carbocycles. The van der Waals surface area contributed by atoms with Crippen LogP contribution in [0.25, 0.3) is 0 Å². The monoisotopic (exact) mass is 391 g/mol. The highest BCUT2D eigenvalue weighted by molar-refractivity contribution is 5.96. The lowest BCUT2D eigenvalue weighted by Gasteiger charge is -2.29. The molecular weight excluding hydrogens is 371 g/mol. The standard InChI is InChI=1S/C21H20F3NO3/c1-13(19(26)25-18-9-8-14(22)12-17(18)24)28-20(27)21(10-4-5-11-21)15-6-2-3-7-16(15)23/h2-3,6-9,12-13H,4-5,10-11H2,1H3,(H,25,26)/t13-/m0/s1. The molecule has 1 fully saturated rings. The van der Waals surface area contributed by atoms with Gasteiger partial charge in [-0.2, -0.15) is 0 Å². The summed E-state index contributed by atoms with van der Waals surface area (Å²) in [6.07, 6.45) is 1.10. The van der Waals surface area contributed by atoms with Crippen molar-refractivity contribution in [1.82, 2.24) is 0 Å². The molecule has 0 bridgehead atoms. The van der Waals surface area contributed by atoms with Crippen LogP contribution in [0.4, 0.5) is 18.9 Å². The number of halogens is 3. The third kappa shape index (κ3) is 3.88. The molecule has 0 aromatic heterocycles. The molecule has 1 amide bonds. The summed E-state index contributed by atoms with van der Waals surface area (Å²) >= 11 is 0. The molecule has 1 atom stereocenters. The lowest BCUT2D eigenvalue weighted by Crippen LogP contribution is -2.40. The molecule has 0 aliphatic heterocycles. The Hall–Kier alpha value is -2.83. The van der Waals surface area contributed by atoms with Crippen LogP contribution < -0.4 is 5.32 Å². The molecule has 28 heavy (non-hydrogen) atoms. The molecule has 1 N–H and O–H groups in total. The average molecular weight is 391 g/mol. The Labute approximate surface area is 160 Å². The number of anilines is 1. The van der Waals surface area contributed by atoms with Gasteiger partial charge in [0, 0.05) is 11.6 Å². The highest BCUT2D eigenvalue weighted by atomic mass is 19.1. The van der Waals surface area contributed by atoms with E-state index >= 15 is 0 Å². The van der Waals surface area contributed by atoms with Gasteiger partial charge in [-0.3, -0.25) is 9.59 Å². The van der Waals surface area contributed by atoms with E-state index in [4.69, 9.17) is 4.74 Å². The van der Waals surface area contributed by atoms with Gasteiger partial charge in [0.15, 0.2) is 6.10 Å². The molecule has 0 saturated heterocycles. The van der Waals surface area contributed by atoms with E-state index in [9.17, 15) is 22.8 Å². The number of rotatable bonds is 5. The van der Waals surface area contributed by atoms with Crippen molar-refractivity contribution < 1.29 is 27.5 Å². The molecule has 1 aliphatic carbocycles. The van der Waals surface area contributed by atoms with Gasteiger partial charge in [0.25, 0.3) is 5.91 Å². The fraction of sp³-hybridized carbons (Fsp3) is 0.333. The Morgan fingerprint density at radius 1 is 1.04 bits per heavy atom. The summed E-state index contributed by atoms with van der Waals surface area (Å²) in [7, 11) is 0. The predicted octanol–water partition coefficient (Wildman–Crippen LogP) is 4.49. The molecule has 2 aromatic rings. The third-order valence-electron chi connectivity index (χ3n) is 5.08. The molecule has 0 spiro atoms. The van der Waals surface area contributed by atoms with E-state index in [0.29, 0.717) is 18.9 Å². The smallest absolute Gasteiger partial charge is 0.317 e. The van der Waals surface area contributed by atoms with Gasteiger partial charge in [0.05, 0.1) is 11.1 Å². The summed E-state index contributed by atoms with van der Waals surface area (Å²) < 4.78 is 46.4. The summed E-state index contributed by atoms with van der Waals surface area (Å²) in [6, 6.07) is 8.75. The van der Waals surface area contributed by atoms with Crippen molar-refractivity contribution in [3.05, 3.63) is 65.5 Å². The summed E-state index contributed by atoms with van der Waals surface area (Å²) in [5, 5.41) is 2.26. The maximum absolute atomic E-state index is 14.3. The summed E-state index contributed by atoms with van der Waals surface area (Å²) in [5.41, 5.74) is -1.10. The number of esters is 1. The number of carbonyl (C=O) groups is 2. The molecule has 1 aliphatic rings. The fourth-order valence-corrected chi connectivity index (χ4v) is 3.56. The molecule has 0 heterocycles. The van der Waals surface area contributed by atoms with Crippen LogP contribution in [0.5, 0.6) is 0 Å². The average Bonchev–Trinajstić information content (AvgIpc) is 3.15. The normalized spacial score (nSPS) is 16.4. The van der Waals surface area contributed by atoms with E-state index in [2.05, 4.69) is 5.32 Å². The second-order valence-corrected chi connectivity index (χ2v) is 6.93. The molecule has 3 rings (SSSR count). The summed E-state index contributed by atoms with van der Waals surface area (Å²) in [4.78, 5) is 25.2. The number of hydrogen-bond donors (Lipinski definition) is 1. The van der Waals surface area contributed by atoms with E-state index in [1.807, 2.05) is 0 Å². The van der Waals surface area contributed by atoms with Crippen LogP contribution in [0.2, 0.25) is 0 Å². The minimum Gasteiger partial charge on any atom is -0.452 e. The maximum Gasteiger partial charge on any atom is 0.317 e. The number of nitrogens with one attached hydrogen (secondary N) is 1. The Morgan fingerprint density at radius 2 is 1.71 bits per heavy atom. The quantitative estimate of drug-likeness (QED) is 0.765. The van der Waals surface area contributed by atoms with Gasteiger partial charge >= 0.3 is 5.97 Å². The SMILES string of the molecule is C[C@H](OC(=O)C1(c2ccccc2F)CCCC1)C(=O)Nc1ccc(F)cc1F. The van der Waals surface area contributed by atoms with Crippen LogP contribution in [-0.4, -0.2) is 18.0 Å².